The zero-order valence-corrected chi connectivity index (χ0v) is 31.2. The molecule has 1 aliphatic heterocycles. The molecule has 0 unspecified atom stereocenters. The highest BCUT2D eigenvalue weighted by Crippen LogP contribution is 2.20. The van der Waals surface area contributed by atoms with E-state index in [2.05, 4.69) is 36.9 Å². The number of nitrogens with zero attached hydrogens (tertiary/aromatic N) is 2. The van der Waals surface area contributed by atoms with Crippen LogP contribution in [0.2, 0.25) is 0 Å². The van der Waals surface area contributed by atoms with Crippen LogP contribution >= 0.6 is 0 Å². The molecule has 0 spiro atoms. The molecule has 52 heavy (non-hydrogen) atoms. The van der Waals surface area contributed by atoms with Crippen molar-refractivity contribution in [3.8, 4) is 0 Å². The number of carbonyl (C=O) groups is 7. The van der Waals surface area contributed by atoms with E-state index >= 15 is 0 Å². The fourth-order valence-electron chi connectivity index (χ4n) is 5.65. The van der Waals surface area contributed by atoms with E-state index in [1.165, 1.54) is 11.8 Å². The molecule has 0 bridgehead atoms. The van der Waals surface area contributed by atoms with Gasteiger partial charge in [0.1, 0.15) is 36.3 Å². The summed E-state index contributed by atoms with van der Waals surface area (Å²) in [5.74, 6) is -5.25. The average Bonchev–Trinajstić information content (AvgIpc) is 3.58. The number of nitrogens with one attached hydrogen (secondary N) is 6. The molecule has 1 aliphatic rings. The Morgan fingerprint density at radius 1 is 0.808 bits per heavy atom. The molecule has 0 aliphatic carbocycles. The van der Waals surface area contributed by atoms with Crippen LogP contribution in [0.3, 0.4) is 0 Å². The van der Waals surface area contributed by atoms with E-state index in [1.54, 1.807) is 20.8 Å². The fraction of sp³-hybridized carbons (Fsp3) is 0.758. The number of guanidine groups is 1. The maximum atomic E-state index is 13.8. The second-order valence-electron chi connectivity index (χ2n) is 13.3. The molecule has 1 fully saturated rings. The summed E-state index contributed by atoms with van der Waals surface area (Å²) >= 11 is 0. The molecule has 1 heterocycles. The highest BCUT2D eigenvalue weighted by atomic mass is 16.3. The molecule has 1 saturated heterocycles. The van der Waals surface area contributed by atoms with Crippen molar-refractivity contribution in [3.63, 3.8) is 0 Å². The van der Waals surface area contributed by atoms with Gasteiger partial charge in [-0.2, -0.15) is 0 Å². The largest absolute Gasteiger partial charge is 0.394 e. The van der Waals surface area contributed by atoms with Gasteiger partial charge in [0.2, 0.25) is 41.4 Å². The standard InChI is InChI=1S/C33H60N10O9/c1-7-19(5)26(31(51)39-21(11-9-13-37-33(34)35)32(52)43-14-10-12-25(43)30(50)36-8-2)42-29(49)24(17-45)41-28(48)23(16-44)40-27(47)22(15-18(3)4)38-20(6)46/h18-19,21-26,44-45H,7-17H2,1-6H3,(H,36,50)(H,38,46)(H,39,51)(H,40,47)(H,41,48)(H,42,49)(H4,34,35,37)/t19-,21-,22-,23-,24-,25-,26-/m0/s1. The quantitative estimate of drug-likeness (QED) is 0.0298. The van der Waals surface area contributed by atoms with Gasteiger partial charge in [-0.15, -0.1) is 0 Å². The summed E-state index contributed by atoms with van der Waals surface area (Å²) in [6.45, 7) is 9.25. The highest BCUT2D eigenvalue weighted by Gasteiger charge is 2.39. The second kappa shape index (κ2) is 23.1. The molecular formula is C33H60N10O9. The van der Waals surface area contributed by atoms with Crippen LogP contribution in [0.1, 0.15) is 80.1 Å². The first kappa shape index (κ1) is 45.5. The Balaban J connectivity index is 3.17. The van der Waals surface area contributed by atoms with E-state index < -0.39 is 90.8 Å². The molecule has 1 rings (SSSR count). The molecule has 19 heteroatoms. The van der Waals surface area contributed by atoms with Crippen LogP contribution in [-0.4, -0.2) is 132 Å². The Morgan fingerprint density at radius 2 is 1.37 bits per heavy atom. The third-order valence-corrected chi connectivity index (χ3v) is 8.57. The summed E-state index contributed by atoms with van der Waals surface area (Å²) in [6.07, 6.45) is 2.13. The first-order valence-corrected chi connectivity index (χ1v) is 17.8. The Bertz CT molecular complexity index is 1260. The van der Waals surface area contributed by atoms with Gasteiger partial charge in [-0.1, -0.05) is 34.1 Å². The minimum absolute atomic E-state index is 0.00430. The monoisotopic (exact) mass is 740 g/mol. The maximum Gasteiger partial charge on any atom is 0.245 e. The topological polar surface area (TPSA) is 300 Å². The molecule has 7 atom stereocenters. The molecule has 296 valence electrons. The minimum atomic E-state index is -1.60. The van der Waals surface area contributed by atoms with E-state index in [9.17, 15) is 43.8 Å². The number of hydrogen-bond donors (Lipinski definition) is 10. The number of hydrogen-bond acceptors (Lipinski definition) is 10. The molecule has 19 nitrogen and oxygen atoms in total. The third-order valence-electron chi connectivity index (χ3n) is 8.57. The van der Waals surface area contributed by atoms with Gasteiger partial charge in [-0.3, -0.25) is 38.6 Å². The van der Waals surface area contributed by atoms with E-state index in [-0.39, 0.29) is 37.2 Å². The van der Waals surface area contributed by atoms with Gasteiger partial charge in [0.15, 0.2) is 5.96 Å². The van der Waals surface area contributed by atoms with E-state index in [0.29, 0.717) is 38.8 Å². The number of likely N-dealkylation sites (tertiary alicyclic amines) is 1. The van der Waals surface area contributed by atoms with Crippen molar-refractivity contribution in [3.05, 3.63) is 0 Å². The minimum Gasteiger partial charge on any atom is -0.394 e. The van der Waals surface area contributed by atoms with Crippen molar-refractivity contribution in [1.82, 2.24) is 36.8 Å². The van der Waals surface area contributed by atoms with Gasteiger partial charge < -0.3 is 58.5 Å². The lowest BCUT2D eigenvalue weighted by atomic mass is 9.97. The van der Waals surface area contributed by atoms with Crippen molar-refractivity contribution in [2.24, 2.45) is 28.3 Å². The zero-order valence-electron chi connectivity index (χ0n) is 31.2. The van der Waals surface area contributed by atoms with Crippen LogP contribution in [0, 0.1) is 11.8 Å². The molecule has 0 saturated carbocycles. The van der Waals surface area contributed by atoms with Crippen molar-refractivity contribution < 1.29 is 43.8 Å². The Hall–Kier alpha value is -4.52. The molecule has 7 amide bonds. The number of likely N-dealkylation sites (N-methyl/N-ethyl adjacent to an activating group) is 1. The molecular weight excluding hydrogens is 680 g/mol. The summed E-state index contributed by atoms with van der Waals surface area (Å²) in [5, 5.41) is 35.1. The normalized spacial score (nSPS) is 17.4. The van der Waals surface area contributed by atoms with E-state index in [1.807, 2.05) is 13.8 Å². The van der Waals surface area contributed by atoms with Gasteiger partial charge in [-0.05, 0) is 50.9 Å². The van der Waals surface area contributed by atoms with Crippen LogP contribution in [-0.2, 0) is 33.6 Å². The molecule has 0 aromatic heterocycles. The zero-order chi connectivity index (χ0) is 39.5. The lowest BCUT2D eigenvalue weighted by molar-refractivity contribution is -0.142. The number of aliphatic hydroxyl groups is 2. The number of aliphatic imine (C=N–C) groups is 1. The Morgan fingerprint density at radius 3 is 1.87 bits per heavy atom. The van der Waals surface area contributed by atoms with Crippen molar-refractivity contribution >= 4 is 47.3 Å². The summed E-state index contributed by atoms with van der Waals surface area (Å²) in [4.78, 5) is 96.6. The van der Waals surface area contributed by atoms with E-state index in [0.717, 1.165) is 0 Å². The summed E-state index contributed by atoms with van der Waals surface area (Å²) < 4.78 is 0. The highest BCUT2D eigenvalue weighted by molar-refractivity contribution is 5.97. The van der Waals surface area contributed by atoms with Crippen LogP contribution in [0.15, 0.2) is 4.99 Å². The van der Waals surface area contributed by atoms with Crippen LogP contribution in [0.25, 0.3) is 0 Å². The van der Waals surface area contributed by atoms with Crippen molar-refractivity contribution in [2.45, 2.75) is 116 Å². The number of amides is 7. The number of carbonyl (C=O) groups excluding carboxylic acids is 7. The number of nitrogens with two attached hydrogens (primary N) is 2. The van der Waals surface area contributed by atoms with Crippen LogP contribution < -0.4 is 43.4 Å². The van der Waals surface area contributed by atoms with Gasteiger partial charge >= 0.3 is 0 Å². The summed E-state index contributed by atoms with van der Waals surface area (Å²) in [6, 6.07) is -7.15. The Labute approximate surface area is 305 Å². The molecule has 0 aromatic carbocycles. The molecule has 0 radical (unpaired) electrons. The predicted molar refractivity (Wildman–Crippen MR) is 192 cm³/mol. The molecule has 0 aromatic rings. The van der Waals surface area contributed by atoms with Gasteiger partial charge in [-0.25, -0.2) is 0 Å². The van der Waals surface area contributed by atoms with Gasteiger partial charge in [0, 0.05) is 26.6 Å². The lowest BCUT2D eigenvalue weighted by Crippen LogP contribution is -2.61. The van der Waals surface area contributed by atoms with Crippen molar-refractivity contribution in [1.29, 1.82) is 0 Å². The smallest absolute Gasteiger partial charge is 0.245 e. The second-order valence-corrected chi connectivity index (χ2v) is 13.3. The van der Waals surface area contributed by atoms with Gasteiger partial charge in [0.25, 0.3) is 0 Å². The SMILES string of the molecule is CCNC(=O)[C@@H]1CCCN1C(=O)[C@H](CCCN=C(N)N)NC(=O)[C@@H](NC(=O)[C@H](CO)NC(=O)[C@H](CO)NC(=O)[C@H](CC(C)C)NC(C)=O)[C@@H](C)CC. The Kier molecular flexibility index (Phi) is 20.2. The fourth-order valence-corrected chi connectivity index (χ4v) is 5.65. The van der Waals surface area contributed by atoms with Gasteiger partial charge in [0.05, 0.1) is 13.2 Å². The molecule has 12 N–H and O–H groups in total. The summed E-state index contributed by atoms with van der Waals surface area (Å²) in [7, 11) is 0. The van der Waals surface area contributed by atoms with Crippen molar-refractivity contribution in [2.75, 3.05) is 32.8 Å². The van der Waals surface area contributed by atoms with E-state index in [4.69, 9.17) is 11.5 Å². The first-order valence-electron chi connectivity index (χ1n) is 17.8. The lowest BCUT2D eigenvalue weighted by Gasteiger charge is -2.31. The van der Waals surface area contributed by atoms with Crippen LogP contribution in [0.5, 0.6) is 0 Å². The number of rotatable bonds is 22. The number of aliphatic hydroxyl groups excluding tert-OH is 2. The third kappa shape index (κ3) is 15.0. The average molecular weight is 741 g/mol. The summed E-state index contributed by atoms with van der Waals surface area (Å²) in [5.41, 5.74) is 10.9. The predicted octanol–water partition coefficient (Wildman–Crippen LogP) is -3.31. The first-order chi connectivity index (χ1) is 24.5. The maximum absolute atomic E-state index is 13.8. The van der Waals surface area contributed by atoms with Crippen LogP contribution in [0.4, 0.5) is 0 Å².